The summed E-state index contributed by atoms with van der Waals surface area (Å²) < 4.78 is 1.70. The molecule has 0 fully saturated rings. The van der Waals surface area contributed by atoms with Crippen LogP contribution in [0.5, 0.6) is 0 Å². The quantitative estimate of drug-likeness (QED) is 0.502. The zero-order valence-electron chi connectivity index (χ0n) is 13.4. The van der Waals surface area contributed by atoms with Crippen LogP contribution in [0.15, 0.2) is 53.4 Å². The summed E-state index contributed by atoms with van der Waals surface area (Å²) in [5, 5.41) is 8.86. The molecule has 2 aromatic carbocycles. The lowest BCUT2D eigenvalue weighted by Crippen LogP contribution is -2.07. The third kappa shape index (κ3) is 3.52. The number of nitrogens with zero attached hydrogens (tertiary/aromatic N) is 3. The van der Waals surface area contributed by atoms with Crippen molar-refractivity contribution < 1.29 is 4.79 Å². The molecule has 0 saturated carbocycles. The first kappa shape index (κ1) is 16.7. The number of ketones is 1. The van der Waals surface area contributed by atoms with Gasteiger partial charge in [-0.2, -0.15) is 0 Å². The molecule has 24 heavy (non-hydrogen) atoms. The summed E-state index contributed by atoms with van der Waals surface area (Å²) in [4.78, 5) is 13.7. The average molecular weight is 358 g/mol. The van der Waals surface area contributed by atoms with Gasteiger partial charge in [-0.15, -0.1) is 16.9 Å². The highest BCUT2D eigenvalue weighted by atomic mass is 35.5. The van der Waals surface area contributed by atoms with Gasteiger partial charge in [-0.1, -0.05) is 35.0 Å². The van der Waals surface area contributed by atoms with Crippen LogP contribution in [-0.4, -0.2) is 27.0 Å². The van der Waals surface area contributed by atoms with Crippen LogP contribution in [0.25, 0.3) is 5.69 Å². The number of carbonyl (C=O) groups is 1. The third-order valence-corrected chi connectivity index (χ3v) is 4.67. The highest BCUT2D eigenvalue weighted by Gasteiger charge is 2.18. The molecule has 0 saturated heterocycles. The van der Waals surface area contributed by atoms with Crippen LogP contribution in [0.3, 0.4) is 0 Å². The summed E-state index contributed by atoms with van der Waals surface area (Å²) in [7, 11) is 0. The van der Waals surface area contributed by atoms with Crippen molar-refractivity contribution in [2.24, 2.45) is 0 Å². The molecule has 122 valence electrons. The van der Waals surface area contributed by atoms with Crippen LogP contribution in [-0.2, 0) is 6.42 Å². The Hall–Kier alpha value is -2.11. The van der Waals surface area contributed by atoms with Crippen molar-refractivity contribution >= 4 is 29.1 Å². The first-order valence-electron chi connectivity index (χ1n) is 7.43. The molecule has 0 unspecified atom stereocenters. The summed E-state index contributed by atoms with van der Waals surface area (Å²) in [5.74, 6) is -0.0676. The first-order valence-corrected chi connectivity index (χ1v) is 9.03. The van der Waals surface area contributed by atoms with E-state index in [-0.39, 0.29) is 12.2 Å². The van der Waals surface area contributed by atoms with Gasteiger partial charge in [-0.3, -0.25) is 4.79 Å². The summed E-state index contributed by atoms with van der Waals surface area (Å²) in [6.07, 6.45) is 2.28. The molecule has 0 spiro atoms. The van der Waals surface area contributed by atoms with Gasteiger partial charge in [0.15, 0.2) is 11.5 Å². The lowest BCUT2D eigenvalue weighted by atomic mass is 10.1. The molecule has 0 atom stereocenters. The smallest absolute Gasteiger partial charge is 0.189 e. The molecule has 0 amide bonds. The zero-order valence-corrected chi connectivity index (χ0v) is 14.9. The lowest BCUT2D eigenvalue weighted by molar-refractivity contribution is 0.0987. The van der Waals surface area contributed by atoms with Crippen LogP contribution in [0.1, 0.15) is 21.7 Å². The maximum absolute atomic E-state index is 12.6. The van der Waals surface area contributed by atoms with Crippen LogP contribution in [0.2, 0.25) is 5.02 Å². The maximum atomic E-state index is 12.6. The van der Waals surface area contributed by atoms with Crippen LogP contribution in [0, 0.1) is 6.92 Å². The van der Waals surface area contributed by atoms with Crippen molar-refractivity contribution in [3.8, 4) is 5.69 Å². The molecular weight excluding hydrogens is 342 g/mol. The predicted octanol–water partition coefficient (Wildman–Crippen LogP) is 4.38. The fourth-order valence-electron chi connectivity index (χ4n) is 2.49. The topological polar surface area (TPSA) is 47.8 Å². The molecule has 1 aromatic heterocycles. The molecule has 0 radical (unpaired) electrons. The second-order valence-electron chi connectivity index (χ2n) is 5.37. The lowest BCUT2D eigenvalue weighted by Gasteiger charge is -2.05. The number of benzene rings is 2. The minimum Gasteiger partial charge on any atom is -0.292 e. The van der Waals surface area contributed by atoms with Crippen LogP contribution >= 0.6 is 23.4 Å². The van der Waals surface area contributed by atoms with Gasteiger partial charge in [-0.25, -0.2) is 4.68 Å². The average Bonchev–Trinajstić information content (AvgIpc) is 2.96. The second-order valence-corrected chi connectivity index (χ2v) is 6.68. The van der Waals surface area contributed by atoms with Gasteiger partial charge >= 0.3 is 0 Å². The molecule has 0 aliphatic carbocycles. The van der Waals surface area contributed by atoms with Crippen molar-refractivity contribution in [3.63, 3.8) is 0 Å². The SMILES string of the molecule is CSc1cccc(-n2nnc(C(=O)Cc3cccc(Cl)c3)c2C)c1. The van der Waals surface area contributed by atoms with Crippen molar-refractivity contribution in [1.29, 1.82) is 0 Å². The van der Waals surface area contributed by atoms with Gasteiger partial charge < -0.3 is 0 Å². The van der Waals surface area contributed by atoms with Gasteiger partial charge in [-0.05, 0) is 49.1 Å². The van der Waals surface area contributed by atoms with Crippen LogP contribution in [0.4, 0.5) is 0 Å². The van der Waals surface area contributed by atoms with Crippen molar-refractivity contribution in [1.82, 2.24) is 15.0 Å². The number of rotatable bonds is 5. The van der Waals surface area contributed by atoms with E-state index in [0.717, 1.165) is 21.8 Å². The number of carbonyl (C=O) groups excluding carboxylic acids is 1. The van der Waals surface area contributed by atoms with E-state index in [1.807, 2.05) is 49.6 Å². The van der Waals surface area contributed by atoms with E-state index in [9.17, 15) is 4.79 Å². The van der Waals surface area contributed by atoms with E-state index < -0.39 is 0 Å². The zero-order chi connectivity index (χ0) is 17.1. The second kappa shape index (κ2) is 7.20. The number of Topliss-reactive ketones (excluding diaryl/α,β-unsaturated/α-hetero) is 1. The molecule has 0 N–H and O–H groups in total. The Labute approximate surface area is 149 Å². The predicted molar refractivity (Wildman–Crippen MR) is 97.4 cm³/mol. The number of aromatic nitrogens is 3. The number of thioether (sulfide) groups is 1. The minimum absolute atomic E-state index is 0.0676. The van der Waals surface area contributed by atoms with Crippen LogP contribution < -0.4 is 0 Å². The fraction of sp³-hybridized carbons (Fsp3) is 0.167. The molecule has 4 nitrogen and oxygen atoms in total. The third-order valence-electron chi connectivity index (χ3n) is 3.71. The molecule has 3 aromatic rings. The Morgan fingerprint density at radius 2 is 2.00 bits per heavy atom. The first-order chi connectivity index (χ1) is 11.6. The van der Waals surface area contributed by atoms with Gasteiger partial charge in [0.1, 0.15) is 0 Å². The molecule has 1 heterocycles. The number of halogens is 1. The van der Waals surface area contributed by atoms with Gasteiger partial charge in [0.2, 0.25) is 0 Å². The monoisotopic (exact) mass is 357 g/mol. The van der Waals surface area contributed by atoms with Gasteiger partial charge in [0.25, 0.3) is 0 Å². The van der Waals surface area contributed by atoms with E-state index in [0.29, 0.717) is 10.7 Å². The highest BCUT2D eigenvalue weighted by Crippen LogP contribution is 2.20. The Balaban J connectivity index is 1.87. The molecular formula is C18H16ClN3OS. The van der Waals surface area contributed by atoms with Gasteiger partial charge in [0.05, 0.1) is 11.4 Å². The molecule has 0 bridgehead atoms. The van der Waals surface area contributed by atoms with E-state index in [2.05, 4.69) is 10.3 Å². The Bertz CT molecular complexity index is 891. The molecule has 0 aliphatic rings. The Kier molecular flexibility index (Phi) is 5.02. The minimum atomic E-state index is -0.0676. The van der Waals surface area contributed by atoms with E-state index in [4.69, 9.17) is 11.6 Å². The van der Waals surface area contributed by atoms with Crippen molar-refractivity contribution in [2.45, 2.75) is 18.2 Å². The summed E-state index contributed by atoms with van der Waals surface area (Å²) in [5.41, 5.74) is 2.89. The fourth-order valence-corrected chi connectivity index (χ4v) is 3.16. The molecule has 0 aliphatic heterocycles. The summed E-state index contributed by atoms with van der Waals surface area (Å²) in [6.45, 7) is 1.86. The Morgan fingerprint density at radius 1 is 1.21 bits per heavy atom. The normalized spacial score (nSPS) is 10.8. The van der Waals surface area contributed by atoms with E-state index >= 15 is 0 Å². The van der Waals surface area contributed by atoms with E-state index in [1.54, 1.807) is 28.6 Å². The van der Waals surface area contributed by atoms with Crippen molar-refractivity contribution in [3.05, 3.63) is 70.5 Å². The highest BCUT2D eigenvalue weighted by molar-refractivity contribution is 7.98. The maximum Gasteiger partial charge on any atom is 0.189 e. The largest absolute Gasteiger partial charge is 0.292 e. The number of hydrogen-bond acceptors (Lipinski definition) is 4. The van der Waals surface area contributed by atoms with E-state index in [1.165, 1.54) is 0 Å². The van der Waals surface area contributed by atoms with Crippen molar-refractivity contribution in [2.75, 3.05) is 6.26 Å². The Morgan fingerprint density at radius 3 is 2.75 bits per heavy atom. The molecule has 6 heteroatoms. The molecule has 3 rings (SSSR count). The van der Waals surface area contributed by atoms with Gasteiger partial charge in [0, 0.05) is 16.3 Å². The summed E-state index contributed by atoms with van der Waals surface area (Å²) >= 11 is 7.63. The standard InChI is InChI=1S/C18H16ClN3OS/c1-12-18(17(23)10-13-5-3-6-14(19)9-13)20-21-22(12)15-7-4-8-16(11-15)24-2/h3-9,11H,10H2,1-2H3. The summed E-state index contributed by atoms with van der Waals surface area (Å²) in [6, 6.07) is 15.3. The number of hydrogen-bond donors (Lipinski definition) is 0.